The van der Waals surface area contributed by atoms with Crippen molar-refractivity contribution in [3.8, 4) is 11.5 Å². The monoisotopic (exact) mass is 1160 g/mol. The zero-order valence-electron chi connectivity index (χ0n) is 44.8. The number of phenols is 2. The lowest BCUT2D eigenvalue weighted by atomic mass is 10.0. The number of anilines is 1. The summed E-state index contributed by atoms with van der Waals surface area (Å²) in [5.41, 5.74) is 21.2. The van der Waals surface area contributed by atoms with Crippen molar-refractivity contribution < 1.29 is 48.6 Å². The third-order valence-corrected chi connectivity index (χ3v) is 15.7. The Morgan fingerprint density at radius 2 is 1.18 bits per heavy atom. The topological polar surface area (TPSA) is 351 Å². The van der Waals surface area contributed by atoms with Crippen molar-refractivity contribution in [3.63, 3.8) is 0 Å². The molecule has 1 heterocycles. The Morgan fingerprint density at radius 1 is 0.650 bits per heavy atom. The van der Waals surface area contributed by atoms with Gasteiger partial charge in [0, 0.05) is 48.0 Å². The van der Waals surface area contributed by atoms with E-state index in [2.05, 4.69) is 49.5 Å². The quantitative estimate of drug-likeness (QED) is 0.0397. The number of halogens is 1. The van der Waals surface area contributed by atoms with Crippen LogP contribution in [0.1, 0.15) is 74.6 Å². The molecule has 0 aliphatic carbocycles. The lowest BCUT2D eigenvalue weighted by molar-refractivity contribution is -0.135. The number of carbonyl (C=O) groups excluding carboxylic acids is 8. The minimum absolute atomic E-state index is 0.0224. The van der Waals surface area contributed by atoms with Crippen LogP contribution in [0.25, 0.3) is 0 Å². The van der Waals surface area contributed by atoms with Crippen LogP contribution in [0, 0.1) is 0 Å². The van der Waals surface area contributed by atoms with Crippen LogP contribution in [-0.2, 0) is 64.0 Å². The number of phenolic OH excluding ortho intramolecular Hbond substituents is 2. The van der Waals surface area contributed by atoms with Crippen LogP contribution >= 0.6 is 33.2 Å². The summed E-state index contributed by atoms with van der Waals surface area (Å²) in [4.78, 5) is 113. The van der Waals surface area contributed by atoms with E-state index in [1.807, 2.05) is 12.1 Å². The molecule has 24 heteroatoms. The summed E-state index contributed by atoms with van der Waals surface area (Å²) in [5.74, 6) is -6.86. The number of primary amides is 1. The number of amides is 8. The molecule has 0 unspecified atom stereocenters. The maximum Gasteiger partial charge on any atom is 0.244 e. The summed E-state index contributed by atoms with van der Waals surface area (Å²) in [6, 6.07) is 15.3. The van der Waals surface area contributed by atoms with Crippen molar-refractivity contribution in [1.82, 2.24) is 37.2 Å². The lowest BCUT2D eigenvalue weighted by Crippen LogP contribution is -2.61. The predicted octanol–water partition coefficient (Wildman–Crippen LogP) is 2.37. The maximum absolute atomic E-state index is 14.8. The summed E-state index contributed by atoms with van der Waals surface area (Å²) >= 11 is 6.09. The molecular weight excluding hydrogens is 1090 g/mol. The fourth-order valence-corrected chi connectivity index (χ4v) is 10.8. The Morgan fingerprint density at radius 3 is 1.76 bits per heavy atom. The van der Waals surface area contributed by atoms with Gasteiger partial charge in [0.25, 0.3) is 0 Å². The minimum atomic E-state index is -1.41. The first kappa shape index (κ1) is 63.8. The molecule has 21 nitrogen and oxygen atoms in total. The first-order valence-corrected chi connectivity index (χ1v) is 29.4. The van der Waals surface area contributed by atoms with Gasteiger partial charge in [-0.25, -0.2) is 0 Å². The molecule has 0 saturated carbocycles. The summed E-state index contributed by atoms with van der Waals surface area (Å²) in [5, 5.41) is 42.8. The number of hydrogen-bond donors (Lipinski definition) is 13. The Kier molecular flexibility index (Phi) is 26.2. The van der Waals surface area contributed by atoms with Gasteiger partial charge in [0.05, 0.1) is 6.04 Å². The molecule has 8 atom stereocenters. The minimum Gasteiger partial charge on any atom is -0.508 e. The third kappa shape index (κ3) is 21.5. The van der Waals surface area contributed by atoms with E-state index in [1.165, 1.54) is 31.2 Å². The normalized spacial score (nSPS) is 20.5. The Balaban J connectivity index is 1.53. The summed E-state index contributed by atoms with van der Waals surface area (Å²) in [6.45, 7) is 4.54. The zero-order valence-corrected chi connectivity index (χ0v) is 47.2. The molecule has 432 valence electrons. The second-order valence-electron chi connectivity index (χ2n) is 19.6. The number of nitrogens with two attached hydrogens (primary N) is 3. The Hall–Kier alpha value is -7.05. The molecule has 0 bridgehead atoms. The average Bonchev–Trinajstić information content (AvgIpc) is 3.44. The largest absolute Gasteiger partial charge is 0.508 e. The van der Waals surface area contributed by atoms with E-state index < -0.39 is 95.6 Å². The first-order chi connectivity index (χ1) is 38.3. The number of aromatic hydroxyl groups is 2. The van der Waals surface area contributed by atoms with E-state index >= 15 is 0 Å². The van der Waals surface area contributed by atoms with Crippen molar-refractivity contribution in [1.29, 1.82) is 0 Å². The fraction of sp³-hybridized carbons (Fsp3) is 0.429. The van der Waals surface area contributed by atoms with Gasteiger partial charge in [0.15, 0.2) is 0 Å². The maximum atomic E-state index is 14.8. The van der Waals surface area contributed by atoms with Gasteiger partial charge in [0.2, 0.25) is 47.3 Å². The molecular formula is C56H74ClN11O10S2. The Labute approximate surface area is 479 Å². The summed E-state index contributed by atoms with van der Waals surface area (Å²) in [7, 11) is 2.05. The number of rotatable bonds is 22. The van der Waals surface area contributed by atoms with E-state index in [9.17, 15) is 48.6 Å². The van der Waals surface area contributed by atoms with Crippen LogP contribution in [-0.4, -0.2) is 130 Å². The van der Waals surface area contributed by atoms with Crippen LogP contribution in [0.15, 0.2) is 97.1 Å². The third-order valence-electron chi connectivity index (χ3n) is 13.0. The average molecular weight is 1160 g/mol. The molecule has 1 aliphatic rings. The smallest absolute Gasteiger partial charge is 0.244 e. The van der Waals surface area contributed by atoms with E-state index in [4.69, 9.17) is 28.8 Å². The van der Waals surface area contributed by atoms with Crippen LogP contribution < -0.4 is 59.7 Å². The molecule has 16 N–H and O–H groups in total. The molecule has 1 aliphatic heterocycles. The molecule has 1 saturated heterocycles. The number of benzene rings is 4. The van der Waals surface area contributed by atoms with Crippen LogP contribution in [0.4, 0.5) is 5.69 Å². The van der Waals surface area contributed by atoms with E-state index in [0.29, 0.717) is 40.1 Å². The number of hydrogen-bond acceptors (Lipinski definition) is 15. The van der Waals surface area contributed by atoms with E-state index in [-0.39, 0.29) is 61.7 Å². The van der Waals surface area contributed by atoms with Crippen LogP contribution in [0.2, 0.25) is 5.02 Å². The van der Waals surface area contributed by atoms with Gasteiger partial charge in [-0.05, 0) is 116 Å². The highest BCUT2D eigenvalue weighted by Gasteiger charge is 2.35. The molecule has 4 aromatic carbocycles. The molecule has 5 rings (SSSR count). The van der Waals surface area contributed by atoms with Gasteiger partial charge in [-0.1, -0.05) is 101 Å². The van der Waals surface area contributed by atoms with Crippen molar-refractivity contribution in [2.45, 2.75) is 126 Å². The van der Waals surface area contributed by atoms with Crippen molar-refractivity contribution in [2.75, 3.05) is 29.9 Å². The SMILES string of the molecule is CCCCCNc1ccc(C[C@H]2NC(=O)[C@H](Cc3ccc(O)cc3)NC(=O)[C@H](NC(=O)[C@@H](N)Cc3ccc(Cl)cc3)CSSC[C@@H](C(=O)N[C@H](Cc3ccc(O)cc3)C(N)=O)NC(=O)[C@H](C)NC(=O)[C@H](CCCCN)NC2=O)cc1. The Bertz CT molecular complexity index is 2690. The summed E-state index contributed by atoms with van der Waals surface area (Å²) in [6.07, 6.45) is 3.80. The summed E-state index contributed by atoms with van der Waals surface area (Å²) < 4.78 is 0. The van der Waals surface area contributed by atoms with Gasteiger partial charge in [-0.2, -0.15) is 0 Å². The lowest BCUT2D eigenvalue weighted by Gasteiger charge is -2.28. The highest BCUT2D eigenvalue weighted by molar-refractivity contribution is 8.76. The zero-order chi connectivity index (χ0) is 58.1. The molecule has 80 heavy (non-hydrogen) atoms. The number of carbonyl (C=O) groups is 8. The fourth-order valence-electron chi connectivity index (χ4n) is 8.35. The van der Waals surface area contributed by atoms with Crippen LogP contribution in [0.5, 0.6) is 11.5 Å². The van der Waals surface area contributed by atoms with Crippen molar-refractivity contribution >= 4 is 86.1 Å². The second kappa shape index (κ2) is 32.9. The molecule has 1 fully saturated rings. The molecule has 8 amide bonds. The van der Waals surface area contributed by atoms with E-state index in [0.717, 1.165) is 53.1 Å². The van der Waals surface area contributed by atoms with Crippen molar-refractivity contribution in [3.05, 3.63) is 124 Å². The first-order valence-electron chi connectivity index (χ1n) is 26.6. The molecule has 0 spiro atoms. The number of nitrogens with one attached hydrogen (secondary N) is 8. The van der Waals surface area contributed by atoms with Gasteiger partial charge < -0.3 is 69.9 Å². The van der Waals surface area contributed by atoms with Gasteiger partial charge in [0.1, 0.15) is 53.8 Å². The van der Waals surface area contributed by atoms with E-state index in [1.54, 1.807) is 60.7 Å². The highest BCUT2D eigenvalue weighted by Crippen LogP contribution is 2.24. The predicted molar refractivity (Wildman–Crippen MR) is 311 cm³/mol. The highest BCUT2D eigenvalue weighted by atomic mass is 35.5. The molecule has 0 aromatic heterocycles. The van der Waals surface area contributed by atoms with Crippen molar-refractivity contribution in [2.24, 2.45) is 17.2 Å². The molecule has 4 aromatic rings. The van der Waals surface area contributed by atoms with Gasteiger partial charge in [-0.3, -0.25) is 38.4 Å². The second-order valence-corrected chi connectivity index (χ2v) is 22.6. The van der Waals surface area contributed by atoms with Gasteiger partial charge in [-0.15, -0.1) is 0 Å². The van der Waals surface area contributed by atoms with Gasteiger partial charge >= 0.3 is 0 Å². The number of unbranched alkanes of at least 4 members (excludes halogenated alkanes) is 3. The van der Waals surface area contributed by atoms with Crippen LogP contribution in [0.3, 0.4) is 0 Å². The standard InChI is InChI=1S/C56H74ClN11O10S2/c1-3-4-7-26-61-39-19-11-35(12-20-39)29-45-53(75)63-43(8-5-6-25-58)52(74)62-33(2)50(72)67-47(55(77)64-44(49(60)71)28-36-13-21-40(69)22-14-36)31-79-80-32-48(68-51(73)42(59)27-34-9-17-38(57)18-10-34)56(78)66-46(54(76)65-45)30-37-15-23-41(70)24-16-37/h9-24,33,42-48,61,69-70H,3-8,25-32,58-59H2,1-2H3,(H2,60,71)(H,62,74)(H,63,75)(H,64,77)(H,65,76)(H,66,78)(H,67,72)(H,68,73)/t33-,42-,43-,44+,45+,46-,47-,48+/m0/s1. The molecule has 0 radical (unpaired) electrons.